The van der Waals surface area contributed by atoms with Crippen LogP contribution in [0, 0.1) is 5.41 Å². The Labute approximate surface area is 138 Å². The summed E-state index contributed by atoms with van der Waals surface area (Å²) < 4.78 is 0. The minimum absolute atomic E-state index is 0.0176. The molecule has 0 aromatic carbocycles. The molecule has 2 aliphatic rings. The number of nitrogens with one attached hydrogen (secondary N) is 1. The Morgan fingerprint density at radius 3 is 2.83 bits per heavy atom. The van der Waals surface area contributed by atoms with Gasteiger partial charge in [-0.25, -0.2) is 0 Å². The molecule has 130 valence electrons. The van der Waals surface area contributed by atoms with Crippen molar-refractivity contribution in [1.82, 2.24) is 15.1 Å². The number of rotatable bonds is 5. The van der Waals surface area contributed by atoms with Crippen LogP contribution in [0.4, 0.5) is 0 Å². The largest absolute Gasteiger partial charge is 0.396 e. The van der Waals surface area contributed by atoms with Gasteiger partial charge in [-0.3, -0.25) is 14.5 Å². The summed E-state index contributed by atoms with van der Waals surface area (Å²) in [6.45, 7) is 7.46. The minimum Gasteiger partial charge on any atom is -0.396 e. The lowest BCUT2D eigenvalue weighted by molar-refractivity contribution is -0.137. The van der Waals surface area contributed by atoms with Gasteiger partial charge in [-0.05, 0) is 33.1 Å². The number of aliphatic hydroxyl groups is 1. The van der Waals surface area contributed by atoms with Crippen molar-refractivity contribution in [2.45, 2.75) is 33.1 Å². The second kappa shape index (κ2) is 7.93. The Balaban J connectivity index is 1.94. The third kappa shape index (κ3) is 5.04. The van der Waals surface area contributed by atoms with Crippen molar-refractivity contribution in [1.29, 1.82) is 0 Å². The van der Waals surface area contributed by atoms with E-state index in [-0.39, 0.29) is 30.4 Å². The molecule has 2 fully saturated rings. The van der Waals surface area contributed by atoms with Crippen LogP contribution in [0.1, 0.15) is 33.1 Å². The van der Waals surface area contributed by atoms with Crippen molar-refractivity contribution in [3.63, 3.8) is 0 Å². The molecule has 2 aliphatic heterocycles. The number of allylic oxidation sites excluding steroid dienone is 2. The van der Waals surface area contributed by atoms with Gasteiger partial charge < -0.3 is 15.3 Å². The van der Waals surface area contributed by atoms with Crippen LogP contribution >= 0.6 is 0 Å². The number of hydrogen-bond donors (Lipinski definition) is 2. The first kappa shape index (κ1) is 17.9. The SMILES string of the molecule is CC(C)=CCC1(CO)CCCN(C(=O)CN2CCNC(=O)C2)C1. The van der Waals surface area contributed by atoms with E-state index in [2.05, 4.69) is 25.2 Å². The number of nitrogens with zero attached hydrogens (tertiary/aromatic N) is 2. The monoisotopic (exact) mass is 323 g/mol. The normalized spacial score (nSPS) is 25.9. The summed E-state index contributed by atoms with van der Waals surface area (Å²) in [5.74, 6) is 0.0467. The molecule has 2 rings (SSSR count). The average molecular weight is 323 g/mol. The van der Waals surface area contributed by atoms with Gasteiger partial charge in [0.1, 0.15) is 0 Å². The van der Waals surface area contributed by atoms with Gasteiger partial charge >= 0.3 is 0 Å². The zero-order valence-electron chi connectivity index (χ0n) is 14.3. The predicted octanol–water partition coefficient (Wildman–Crippen LogP) is 0.376. The Hall–Kier alpha value is -1.40. The number of likely N-dealkylation sites (tertiary alicyclic amines) is 1. The summed E-state index contributed by atoms with van der Waals surface area (Å²) >= 11 is 0. The molecule has 0 bridgehead atoms. The lowest BCUT2D eigenvalue weighted by atomic mass is 9.77. The van der Waals surface area contributed by atoms with E-state index in [1.54, 1.807) is 0 Å². The molecular weight excluding hydrogens is 294 g/mol. The molecule has 2 heterocycles. The molecule has 6 nitrogen and oxygen atoms in total. The van der Waals surface area contributed by atoms with Crippen molar-refractivity contribution in [3.05, 3.63) is 11.6 Å². The van der Waals surface area contributed by atoms with E-state index in [0.29, 0.717) is 26.2 Å². The molecule has 0 radical (unpaired) electrons. The van der Waals surface area contributed by atoms with E-state index in [1.807, 2.05) is 9.80 Å². The maximum atomic E-state index is 12.6. The number of amides is 2. The van der Waals surface area contributed by atoms with Crippen molar-refractivity contribution in [3.8, 4) is 0 Å². The lowest BCUT2D eigenvalue weighted by Gasteiger charge is -2.42. The molecular formula is C17H29N3O3. The molecule has 2 saturated heterocycles. The smallest absolute Gasteiger partial charge is 0.236 e. The number of hydrogen-bond acceptors (Lipinski definition) is 4. The lowest BCUT2D eigenvalue weighted by Crippen LogP contribution is -2.54. The standard InChI is InChI=1S/C17H29N3O3/c1-14(2)4-6-17(13-21)5-3-8-20(12-17)16(23)11-19-9-7-18-15(22)10-19/h4,21H,3,5-13H2,1-2H3,(H,18,22). The van der Waals surface area contributed by atoms with Crippen molar-refractivity contribution >= 4 is 11.8 Å². The minimum atomic E-state index is -0.218. The van der Waals surface area contributed by atoms with Gasteiger partial charge in [0.25, 0.3) is 0 Å². The second-order valence-corrected chi connectivity index (χ2v) is 7.12. The van der Waals surface area contributed by atoms with Gasteiger partial charge in [-0.2, -0.15) is 0 Å². The fourth-order valence-corrected chi connectivity index (χ4v) is 3.32. The van der Waals surface area contributed by atoms with E-state index >= 15 is 0 Å². The highest BCUT2D eigenvalue weighted by Gasteiger charge is 2.36. The molecule has 2 N–H and O–H groups in total. The van der Waals surface area contributed by atoms with Crippen LogP contribution < -0.4 is 5.32 Å². The van der Waals surface area contributed by atoms with Gasteiger partial charge in [-0.15, -0.1) is 0 Å². The summed E-state index contributed by atoms with van der Waals surface area (Å²) in [5, 5.41) is 12.6. The average Bonchev–Trinajstić information content (AvgIpc) is 2.53. The third-order valence-electron chi connectivity index (χ3n) is 4.77. The number of carbonyl (C=O) groups is 2. The van der Waals surface area contributed by atoms with Crippen LogP contribution in [-0.2, 0) is 9.59 Å². The van der Waals surface area contributed by atoms with E-state index in [4.69, 9.17) is 0 Å². The fraction of sp³-hybridized carbons (Fsp3) is 0.765. The van der Waals surface area contributed by atoms with Gasteiger partial charge in [0.2, 0.25) is 11.8 Å². The van der Waals surface area contributed by atoms with E-state index in [1.165, 1.54) is 5.57 Å². The van der Waals surface area contributed by atoms with Crippen LogP contribution in [0.15, 0.2) is 11.6 Å². The van der Waals surface area contributed by atoms with E-state index in [9.17, 15) is 14.7 Å². The van der Waals surface area contributed by atoms with Gasteiger partial charge in [-0.1, -0.05) is 11.6 Å². The van der Waals surface area contributed by atoms with Crippen molar-refractivity contribution < 1.29 is 14.7 Å². The van der Waals surface area contributed by atoms with E-state index < -0.39 is 0 Å². The summed E-state index contributed by atoms with van der Waals surface area (Å²) in [6.07, 6.45) is 4.83. The van der Waals surface area contributed by atoms with Gasteiger partial charge in [0.05, 0.1) is 19.7 Å². The molecule has 23 heavy (non-hydrogen) atoms. The van der Waals surface area contributed by atoms with Gasteiger partial charge in [0, 0.05) is 31.6 Å². The van der Waals surface area contributed by atoms with Crippen LogP contribution in [0.25, 0.3) is 0 Å². The second-order valence-electron chi connectivity index (χ2n) is 7.12. The first-order valence-corrected chi connectivity index (χ1v) is 8.45. The van der Waals surface area contributed by atoms with Gasteiger partial charge in [0.15, 0.2) is 0 Å². The zero-order valence-corrected chi connectivity index (χ0v) is 14.3. The summed E-state index contributed by atoms with van der Waals surface area (Å²) in [5.41, 5.74) is 1.02. The number of piperazine rings is 1. The Morgan fingerprint density at radius 2 is 2.17 bits per heavy atom. The summed E-state index contributed by atoms with van der Waals surface area (Å²) in [7, 11) is 0. The molecule has 1 unspecified atom stereocenters. The number of piperidine rings is 1. The fourth-order valence-electron chi connectivity index (χ4n) is 3.32. The molecule has 0 aromatic heterocycles. The topological polar surface area (TPSA) is 72.9 Å². The van der Waals surface area contributed by atoms with Crippen LogP contribution in [0.2, 0.25) is 0 Å². The van der Waals surface area contributed by atoms with Crippen LogP contribution in [0.5, 0.6) is 0 Å². The maximum absolute atomic E-state index is 12.6. The summed E-state index contributed by atoms with van der Waals surface area (Å²) in [6, 6.07) is 0. The van der Waals surface area contributed by atoms with Crippen molar-refractivity contribution in [2.24, 2.45) is 5.41 Å². The molecule has 0 spiro atoms. The third-order valence-corrected chi connectivity index (χ3v) is 4.77. The molecule has 2 amide bonds. The summed E-state index contributed by atoms with van der Waals surface area (Å²) in [4.78, 5) is 27.7. The number of carbonyl (C=O) groups excluding carboxylic acids is 2. The molecule has 0 saturated carbocycles. The highest BCUT2D eigenvalue weighted by molar-refractivity contribution is 5.82. The molecule has 0 aromatic rings. The first-order chi connectivity index (χ1) is 10.9. The number of aliphatic hydroxyl groups excluding tert-OH is 1. The quantitative estimate of drug-likeness (QED) is 0.717. The van der Waals surface area contributed by atoms with Crippen molar-refractivity contribution in [2.75, 3.05) is 45.9 Å². The molecule has 6 heteroatoms. The zero-order chi connectivity index (χ0) is 16.9. The molecule has 0 aliphatic carbocycles. The Kier molecular flexibility index (Phi) is 6.18. The highest BCUT2D eigenvalue weighted by Crippen LogP contribution is 2.34. The highest BCUT2D eigenvalue weighted by atomic mass is 16.3. The van der Waals surface area contributed by atoms with Crippen LogP contribution in [0.3, 0.4) is 0 Å². The Morgan fingerprint density at radius 1 is 1.39 bits per heavy atom. The van der Waals surface area contributed by atoms with E-state index in [0.717, 1.165) is 25.8 Å². The molecule has 1 atom stereocenters. The predicted molar refractivity (Wildman–Crippen MR) is 88.8 cm³/mol. The maximum Gasteiger partial charge on any atom is 0.236 e. The Bertz CT molecular complexity index is 474. The first-order valence-electron chi connectivity index (χ1n) is 8.45. The van der Waals surface area contributed by atoms with Crippen LogP contribution in [-0.4, -0.2) is 72.6 Å².